The molecule has 0 amide bonds. The van der Waals surface area contributed by atoms with Crippen LogP contribution >= 0.6 is 0 Å². The number of fused-ring (bicyclic) bond motifs is 3. The lowest BCUT2D eigenvalue weighted by atomic mass is 9.62. The number of benzene rings is 2. The van der Waals surface area contributed by atoms with Gasteiger partial charge in [0.25, 0.3) is 0 Å². The monoisotopic (exact) mass is 493 g/mol. The van der Waals surface area contributed by atoms with Crippen LogP contribution < -0.4 is 14.8 Å². The van der Waals surface area contributed by atoms with Crippen LogP contribution in [-0.2, 0) is 16.4 Å². The smallest absolute Gasteiger partial charge is 0.192 e. The first-order valence-electron chi connectivity index (χ1n) is 13.0. The van der Waals surface area contributed by atoms with E-state index in [1.165, 1.54) is 11.1 Å². The highest BCUT2D eigenvalue weighted by Crippen LogP contribution is 2.59. The van der Waals surface area contributed by atoms with Crippen molar-refractivity contribution in [2.75, 3.05) is 20.7 Å². The molecule has 0 saturated carbocycles. The summed E-state index contributed by atoms with van der Waals surface area (Å²) in [6, 6.07) is 14.7. The van der Waals surface area contributed by atoms with Gasteiger partial charge in [-0.15, -0.1) is 0 Å². The van der Waals surface area contributed by atoms with Crippen molar-refractivity contribution in [3.63, 3.8) is 0 Å². The van der Waals surface area contributed by atoms with Crippen molar-refractivity contribution in [3.8, 4) is 11.5 Å². The molecule has 3 atom stereocenters. The minimum Gasteiger partial charge on any atom is -0.493 e. The second kappa shape index (κ2) is 10.1. The van der Waals surface area contributed by atoms with Crippen LogP contribution in [0.2, 0.25) is 18.1 Å². The number of hydrogen-bond acceptors (Lipinski definition) is 4. The van der Waals surface area contributed by atoms with E-state index in [-0.39, 0.29) is 16.6 Å². The van der Waals surface area contributed by atoms with Crippen LogP contribution in [0.15, 0.2) is 54.6 Å². The van der Waals surface area contributed by atoms with E-state index in [9.17, 15) is 0 Å². The summed E-state index contributed by atoms with van der Waals surface area (Å²) in [5.74, 6) is 2.17. The molecule has 0 unspecified atom stereocenters. The lowest BCUT2D eigenvalue weighted by molar-refractivity contribution is 0.110. The highest BCUT2D eigenvalue weighted by Gasteiger charge is 2.51. The Morgan fingerprint density at radius 2 is 1.83 bits per heavy atom. The predicted molar refractivity (Wildman–Crippen MR) is 147 cm³/mol. The molecule has 1 N–H and O–H groups in total. The van der Waals surface area contributed by atoms with Gasteiger partial charge in [0.15, 0.2) is 19.8 Å². The summed E-state index contributed by atoms with van der Waals surface area (Å²) in [4.78, 5) is 0. The Morgan fingerprint density at radius 1 is 1.09 bits per heavy atom. The Hall–Kier alpha value is -2.08. The summed E-state index contributed by atoms with van der Waals surface area (Å²) in [6.45, 7) is 13.1. The minimum absolute atomic E-state index is 0.0727. The Balaban J connectivity index is 1.84. The lowest BCUT2D eigenvalue weighted by Gasteiger charge is -2.48. The van der Waals surface area contributed by atoms with E-state index in [0.29, 0.717) is 12.5 Å². The Kier molecular flexibility index (Phi) is 7.51. The first-order chi connectivity index (χ1) is 16.6. The van der Waals surface area contributed by atoms with Gasteiger partial charge in [-0.25, -0.2) is 0 Å². The lowest BCUT2D eigenvalue weighted by Crippen LogP contribution is -2.45. The van der Waals surface area contributed by atoms with Crippen molar-refractivity contribution in [1.82, 2.24) is 5.32 Å². The number of rotatable bonds is 9. The van der Waals surface area contributed by atoms with Crippen molar-refractivity contribution in [2.45, 2.75) is 76.3 Å². The standard InChI is InChI=1S/C30H43NO3Si/c1-29(2,3)35(6,7)34-26-20-23-14-11-17-30(23,18-19-31-4)27-24(26)15-16-25(32-5)28(27)33-21-22-12-9-8-10-13-22/h8-13,15-17,23,26,31H,14,18-21H2,1-7H3/t23-,26-,30-/m0/s1. The van der Waals surface area contributed by atoms with Crippen molar-refractivity contribution in [3.05, 3.63) is 71.3 Å². The van der Waals surface area contributed by atoms with E-state index in [1.807, 2.05) is 13.1 Å². The van der Waals surface area contributed by atoms with Gasteiger partial charge < -0.3 is 19.2 Å². The third-order valence-corrected chi connectivity index (χ3v) is 13.0. The van der Waals surface area contributed by atoms with Crippen LogP contribution in [0, 0.1) is 5.92 Å². The van der Waals surface area contributed by atoms with Gasteiger partial charge in [-0.3, -0.25) is 0 Å². The molecule has 0 bridgehead atoms. The molecule has 0 aromatic heterocycles. The first kappa shape index (κ1) is 26.0. The third-order valence-electron chi connectivity index (χ3n) is 8.51. The quantitative estimate of drug-likeness (QED) is 0.297. The number of nitrogens with one attached hydrogen (secondary N) is 1. The molecule has 2 aromatic rings. The van der Waals surface area contributed by atoms with Gasteiger partial charge in [0.2, 0.25) is 0 Å². The van der Waals surface area contributed by atoms with Gasteiger partial charge in [0.05, 0.1) is 13.2 Å². The normalized spacial score (nSPS) is 23.6. The molecular formula is C30H43NO3Si. The third kappa shape index (κ3) is 4.96. The SMILES string of the molecule is CNCC[C@@]12C=CC[C@H]1C[C@H](O[Si](C)(C)C(C)(C)C)c1ccc(OC)c(OCc3ccccc3)c12. The Bertz CT molecular complexity index is 1040. The predicted octanol–water partition coefficient (Wildman–Crippen LogP) is 7.16. The first-order valence-corrected chi connectivity index (χ1v) is 15.9. The van der Waals surface area contributed by atoms with Crippen LogP contribution in [0.4, 0.5) is 0 Å². The van der Waals surface area contributed by atoms with E-state index >= 15 is 0 Å². The summed E-state index contributed by atoms with van der Waals surface area (Å²) < 4.78 is 19.7. The summed E-state index contributed by atoms with van der Waals surface area (Å²) in [7, 11) is 1.81. The maximum absolute atomic E-state index is 7.12. The Labute approximate surface area is 213 Å². The topological polar surface area (TPSA) is 39.7 Å². The summed E-state index contributed by atoms with van der Waals surface area (Å²) in [5.41, 5.74) is 3.63. The average molecular weight is 494 g/mol. The van der Waals surface area contributed by atoms with Crippen LogP contribution in [0.25, 0.3) is 0 Å². The number of hydrogen-bond donors (Lipinski definition) is 1. The highest BCUT2D eigenvalue weighted by molar-refractivity contribution is 6.74. The average Bonchev–Trinajstić information content (AvgIpc) is 3.24. The van der Waals surface area contributed by atoms with Gasteiger partial charge in [0, 0.05) is 11.0 Å². The second-order valence-electron chi connectivity index (χ2n) is 11.7. The molecule has 0 spiro atoms. The molecule has 0 saturated heterocycles. The van der Waals surface area contributed by atoms with Crippen molar-refractivity contribution in [2.24, 2.45) is 5.92 Å². The zero-order valence-corrected chi connectivity index (χ0v) is 23.6. The summed E-state index contributed by atoms with van der Waals surface area (Å²) in [5, 5.41) is 3.55. The molecule has 2 aromatic carbocycles. The largest absolute Gasteiger partial charge is 0.493 e. The zero-order valence-electron chi connectivity index (χ0n) is 22.6. The summed E-state index contributed by atoms with van der Waals surface area (Å²) in [6.07, 6.45) is 8.05. The molecule has 0 radical (unpaired) electrons. The number of methoxy groups -OCH3 is 1. The molecule has 4 nitrogen and oxygen atoms in total. The molecule has 190 valence electrons. The van der Waals surface area contributed by atoms with Crippen LogP contribution in [0.1, 0.15) is 62.8 Å². The van der Waals surface area contributed by atoms with Crippen LogP contribution in [0.3, 0.4) is 0 Å². The van der Waals surface area contributed by atoms with E-state index in [4.69, 9.17) is 13.9 Å². The number of ether oxygens (including phenoxy) is 2. The number of allylic oxidation sites excluding steroid dienone is 2. The molecule has 0 aliphatic heterocycles. The van der Waals surface area contributed by atoms with Gasteiger partial charge in [-0.2, -0.15) is 0 Å². The van der Waals surface area contributed by atoms with Gasteiger partial charge in [-0.05, 0) is 74.1 Å². The van der Waals surface area contributed by atoms with Crippen molar-refractivity contribution >= 4 is 8.32 Å². The molecule has 0 fully saturated rings. The fourth-order valence-electron chi connectivity index (χ4n) is 5.52. The maximum Gasteiger partial charge on any atom is 0.192 e. The van der Waals surface area contributed by atoms with Crippen molar-refractivity contribution < 1.29 is 13.9 Å². The van der Waals surface area contributed by atoms with Gasteiger partial charge >= 0.3 is 0 Å². The fourth-order valence-corrected chi connectivity index (χ4v) is 6.81. The van der Waals surface area contributed by atoms with E-state index in [0.717, 1.165) is 42.9 Å². The molecule has 4 rings (SSSR count). The van der Waals surface area contributed by atoms with Crippen LogP contribution in [0.5, 0.6) is 11.5 Å². The molecule has 35 heavy (non-hydrogen) atoms. The van der Waals surface area contributed by atoms with Gasteiger partial charge in [0.1, 0.15) is 6.61 Å². The molecule has 2 aliphatic rings. The summed E-state index contributed by atoms with van der Waals surface area (Å²) >= 11 is 0. The fraction of sp³-hybridized carbons (Fsp3) is 0.533. The zero-order chi connectivity index (χ0) is 25.3. The van der Waals surface area contributed by atoms with E-state index in [1.54, 1.807) is 7.11 Å². The van der Waals surface area contributed by atoms with E-state index in [2.05, 4.69) is 87.7 Å². The van der Waals surface area contributed by atoms with Crippen molar-refractivity contribution in [1.29, 1.82) is 0 Å². The Morgan fingerprint density at radius 3 is 2.49 bits per heavy atom. The molecule has 0 heterocycles. The molecule has 5 heteroatoms. The molecule has 2 aliphatic carbocycles. The molecular weight excluding hydrogens is 450 g/mol. The van der Waals surface area contributed by atoms with Gasteiger partial charge in [-0.1, -0.05) is 69.3 Å². The minimum atomic E-state index is -1.97. The highest BCUT2D eigenvalue weighted by atomic mass is 28.4. The van der Waals surface area contributed by atoms with E-state index < -0.39 is 8.32 Å². The second-order valence-corrected chi connectivity index (χ2v) is 16.4. The van der Waals surface area contributed by atoms with Crippen LogP contribution in [-0.4, -0.2) is 29.0 Å². The maximum atomic E-state index is 7.12.